The van der Waals surface area contributed by atoms with Crippen molar-refractivity contribution in [2.24, 2.45) is 0 Å². The highest BCUT2D eigenvalue weighted by Gasteiger charge is 2.41. The minimum atomic E-state index is -0.141. The normalized spacial score (nSPS) is 16.4. The van der Waals surface area contributed by atoms with Crippen molar-refractivity contribution in [3.63, 3.8) is 0 Å². The molecule has 2 atom stereocenters. The molecule has 42 heavy (non-hydrogen) atoms. The smallest absolute Gasteiger partial charge is 0.226 e. The molecule has 0 aliphatic carbocycles. The van der Waals surface area contributed by atoms with Gasteiger partial charge < -0.3 is 25.0 Å². The average molecular weight is 581 g/mol. The molecule has 4 aromatic rings. The maximum absolute atomic E-state index is 13.0. The number of aromatic nitrogens is 2. The van der Waals surface area contributed by atoms with Gasteiger partial charge in [-0.3, -0.25) is 9.78 Å². The molecule has 0 bridgehead atoms. The van der Waals surface area contributed by atoms with E-state index in [4.69, 9.17) is 12.2 Å². The Morgan fingerprint density at radius 3 is 2.43 bits per heavy atom. The van der Waals surface area contributed by atoms with Crippen LogP contribution in [0.1, 0.15) is 60.6 Å². The number of nitrogens with zero attached hydrogens (tertiary/aromatic N) is 4. The van der Waals surface area contributed by atoms with E-state index in [1.165, 1.54) is 11.3 Å². The van der Waals surface area contributed by atoms with Gasteiger partial charge in [-0.05, 0) is 113 Å². The molecule has 3 heterocycles. The van der Waals surface area contributed by atoms with E-state index in [-0.39, 0.29) is 18.0 Å². The molecule has 1 fully saturated rings. The van der Waals surface area contributed by atoms with Crippen LogP contribution >= 0.6 is 12.2 Å². The van der Waals surface area contributed by atoms with Crippen LogP contribution in [0.25, 0.3) is 5.69 Å². The first kappa shape index (κ1) is 29.3. The highest BCUT2D eigenvalue weighted by molar-refractivity contribution is 7.80. The van der Waals surface area contributed by atoms with E-state index in [0.29, 0.717) is 18.1 Å². The summed E-state index contributed by atoms with van der Waals surface area (Å²) in [4.78, 5) is 22.2. The van der Waals surface area contributed by atoms with Gasteiger partial charge in [0.1, 0.15) is 0 Å². The van der Waals surface area contributed by atoms with E-state index < -0.39 is 0 Å². The van der Waals surface area contributed by atoms with Crippen molar-refractivity contribution >= 4 is 34.6 Å². The number of benzene rings is 2. The Bertz CT molecular complexity index is 1540. The molecular weight excluding hydrogens is 540 g/mol. The summed E-state index contributed by atoms with van der Waals surface area (Å²) in [5, 5.41) is 7.20. The van der Waals surface area contributed by atoms with E-state index >= 15 is 0 Å². The predicted octanol–water partition coefficient (Wildman–Crippen LogP) is 6.65. The Morgan fingerprint density at radius 2 is 1.76 bits per heavy atom. The number of amides is 1. The molecule has 0 unspecified atom stereocenters. The van der Waals surface area contributed by atoms with Gasteiger partial charge in [0, 0.05) is 60.7 Å². The van der Waals surface area contributed by atoms with Crippen LogP contribution in [0.3, 0.4) is 0 Å². The fraction of sp³-hybridized carbons (Fsp3) is 0.324. The SMILES string of the molecule is CCN(CC)c1ccc(-n2c(C)cc([C@H]3[C@@H](c4ccccn4)NC(=S)N3CCC(=O)Nc3cccc(C)c3)c2C)cc1. The van der Waals surface area contributed by atoms with Crippen LogP contribution in [0.4, 0.5) is 11.4 Å². The van der Waals surface area contributed by atoms with Gasteiger partial charge in [-0.15, -0.1) is 0 Å². The van der Waals surface area contributed by atoms with E-state index in [1.54, 1.807) is 0 Å². The van der Waals surface area contributed by atoms with E-state index in [9.17, 15) is 4.79 Å². The van der Waals surface area contributed by atoms with Crippen LogP contribution in [0.2, 0.25) is 0 Å². The summed E-state index contributed by atoms with van der Waals surface area (Å²) in [6.07, 6.45) is 2.13. The van der Waals surface area contributed by atoms with Gasteiger partial charge in [0.25, 0.3) is 0 Å². The lowest BCUT2D eigenvalue weighted by atomic mass is 9.96. The molecule has 7 nitrogen and oxygen atoms in total. The quantitative estimate of drug-likeness (QED) is 0.205. The molecule has 5 rings (SSSR count). The first-order valence-corrected chi connectivity index (χ1v) is 15.1. The van der Waals surface area contributed by atoms with Gasteiger partial charge >= 0.3 is 0 Å². The van der Waals surface area contributed by atoms with Crippen LogP contribution < -0.4 is 15.5 Å². The van der Waals surface area contributed by atoms with Crippen molar-refractivity contribution in [3.8, 4) is 5.69 Å². The number of carbonyl (C=O) groups excluding carboxylic acids is 1. The second-order valence-corrected chi connectivity index (χ2v) is 11.2. The number of hydrogen-bond acceptors (Lipinski definition) is 4. The Hall–Kier alpha value is -4.17. The molecule has 218 valence electrons. The summed E-state index contributed by atoms with van der Waals surface area (Å²) in [6.45, 7) is 13.1. The number of thiocarbonyl (C=S) groups is 1. The van der Waals surface area contributed by atoms with Crippen molar-refractivity contribution in [3.05, 3.63) is 107 Å². The molecule has 2 aromatic carbocycles. The number of pyridine rings is 1. The molecule has 1 aliphatic heterocycles. The van der Waals surface area contributed by atoms with Gasteiger partial charge in [-0.25, -0.2) is 0 Å². The van der Waals surface area contributed by atoms with Gasteiger partial charge in [0.2, 0.25) is 5.91 Å². The maximum Gasteiger partial charge on any atom is 0.226 e. The topological polar surface area (TPSA) is 65.4 Å². The number of nitrogens with one attached hydrogen (secondary N) is 2. The Balaban J connectivity index is 1.45. The van der Waals surface area contributed by atoms with Crippen LogP contribution in [0, 0.1) is 20.8 Å². The summed E-state index contributed by atoms with van der Waals surface area (Å²) in [7, 11) is 0. The van der Waals surface area contributed by atoms with Crippen molar-refractivity contribution in [1.29, 1.82) is 0 Å². The summed E-state index contributed by atoms with van der Waals surface area (Å²) in [6, 6.07) is 24.6. The molecule has 0 saturated carbocycles. The Labute approximate surface area is 254 Å². The average Bonchev–Trinajstić information content (AvgIpc) is 3.47. The lowest BCUT2D eigenvalue weighted by Crippen LogP contribution is -2.32. The molecule has 1 aliphatic rings. The fourth-order valence-electron chi connectivity index (χ4n) is 6.04. The lowest BCUT2D eigenvalue weighted by Gasteiger charge is -2.28. The molecule has 0 radical (unpaired) electrons. The van der Waals surface area contributed by atoms with Crippen molar-refractivity contribution in [2.75, 3.05) is 29.9 Å². The van der Waals surface area contributed by atoms with Crippen molar-refractivity contribution in [2.45, 2.75) is 53.1 Å². The predicted molar refractivity (Wildman–Crippen MR) is 175 cm³/mol. The summed E-state index contributed by atoms with van der Waals surface area (Å²) >= 11 is 5.88. The van der Waals surface area contributed by atoms with Crippen LogP contribution in [0.5, 0.6) is 0 Å². The summed E-state index contributed by atoms with van der Waals surface area (Å²) < 4.78 is 2.31. The molecule has 8 heteroatoms. The van der Waals surface area contributed by atoms with E-state index in [1.807, 2.05) is 55.6 Å². The highest BCUT2D eigenvalue weighted by atomic mass is 32.1. The zero-order valence-electron chi connectivity index (χ0n) is 25.1. The first-order chi connectivity index (χ1) is 20.3. The zero-order chi connectivity index (χ0) is 29.8. The molecule has 1 amide bonds. The molecule has 2 N–H and O–H groups in total. The summed E-state index contributed by atoms with van der Waals surface area (Å²) in [5.41, 5.74) is 8.64. The first-order valence-electron chi connectivity index (χ1n) is 14.7. The minimum absolute atomic E-state index is 0.0396. The van der Waals surface area contributed by atoms with Crippen molar-refractivity contribution in [1.82, 2.24) is 19.8 Å². The van der Waals surface area contributed by atoms with E-state index in [2.05, 4.69) is 88.0 Å². The molecule has 1 saturated heterocycles. The zero-order valence-corrected chi connectivity index (χ0v) is 25.9. The van der Waals surface area contributed by atoms with Gasteiger partial charge in [0.15, 0.2) is 5.11 Å². The van der Waals surface area contributed by atoms with Crippen molar-refractivity contribution < 1.29 is 4.79 Å². The number of anilines is 2. The van der Waals surface area contributed by atoms with Crippen LogP contribution in [-0.2, 0) is 4.79 Å². The van der Waals surface area contributed by atoms with Gasteiger partial charge in [0.05, 0.1) is 17.8 Å². The maximum atomic E-state index is 13.0. The van der Waals surface area contributed by atoms with Crippen LogP contribution in [0.15, 0.2) is 79.0 Å². The number of carbonyl (C=O) groups is 1. The third-order valence-electron chi connectivity index (χ3n) is 8.10. The minimum Gasteiger partial charge on any atom is -0.372 e. The lowest BCUT2D eigenvalue weighted by molar-refractivity contribution is -0.116. The Morgan fingerprint density at radius 1 is 1.00 bits per heavy atom. The Kier molecular flexibility index (Phi) is 8.92. The second-order valence-electron chi connectivity index (χ2n) is 10.8. The number of hydrogen-bond donors (Lipinski definition) is 2. The number of rotatable bonds is 10. The monoisotopic (exact) mass is 580 g/mol. The molecule has 2 aromatic heterocycles. The third kappa shape index (κ3) is 6.04. The van der Waals surface area contributed by atoms with Gasteiger partial charge in [-0.2, -0.15) is 0 Å². The van der Waals surface area contributed by atoms with Crippen LogP contribution in [-0.4, -0.2) is 45.1 Å². The largest absolute Gasteiger partial charge is 0.372 e. The van der Waals surface area contributed by atoms with E-state index in [0.717, 1.165) is 47.1 Å². The number of aryl methyl sites for hydroxylation is 2. The molecule has 0 spiro atoms. The standard InChI is InChI=1S/C34H40N6OS/c1-6-38(7-2)27-14-16-28(17-15-27)40-24(4)22-29(25(40)5)33-32(30-13-8-9-19-35-30)37-34(42)39(33)20-18-31(41)36-26-12-10-11-23(3)21-26/h8-17,19,21-22,32-33H,6-7,18,20H2,1-5H3,(H,36,41)(H,37,42)/t32-,33+/m1/s1. The second kappa shape index (κ2) is 12.8. The summed E-state index contributed by atoms with van der Waals surface area (Å²) in [5.74, 6) is -0.0396. The van der Waals surface area contributed by atoms with Gasteiger partial charge in [-0.1, -0.05) is 18.2 Å². The molecular formula is C34H40N6OS. The third-order valence-corrected chi connectivity index (χ3v) is 8.46. The highest BCUT2D eigenvalue weighted by Crippen LogP contribution is 2.41. The fourth-order valence-corrected chi connectivity index (χ4v) is 6.37.